The molecular formula is C14H17NO3S. The van der Waals surface area contributed by atoms with E-state index in [4.69, 9.17) is 5.11 Å². The third-order valence-electron chi connectivity index (χ3n) is 4.05. The van der Waals surface area contributed by atoms with Gasteiger partial charge in [0.05, 0.1) is 4.88 Å². The van der Waals surface area contributed by atoms with Crippen LogP contribution in [0.5, 0.6) is 0 Å². The molecule has 1 saturated carbocycles. The van der Waals surface area contributed by atoms with Gasteiger partial charge in [0.1, 0.15) is 6.54 Å². The van der Waals surface area contributed by atoms with E-state index < -0.39 is 5.97 Å². The zero-order valence-electron chi connectivity index (χ0n) is 11.1. The van der Waals surface area contributed by atoms with Crippen LogP contribution in [0.4, 0.5) is 0 Å². The van der Waals surface area contributed by atoms with Crippen molar-refractivity contribution in [2.75, 3.05) is 13.1 Å². The summed E-state index contributed by atoms with van der Waals surface area (Å²) in [6, 6.07) is 2.17. The average Bonchev–Trinajstić information content (AvgIpc) is 2.92. The van der Waals surface area contributed by atoms with Crippen molar-refractivity contribution in [3.05, 3.63) is 21.4 Å². The number of carboxylic acids is 1. The van der Waals surface area contributed by atoms with E-state index in [2.05, 4.69) is 19.9 Å². The molecule has 1 N–H and O–H groups in total. The molecule has 0 unspecified atom stereocenters. The molecule has 1 amide bonds. The Kier molecular flexibility index (Phi) is 2.71. The van der Waals surface area contributed by atoms with Crippen LogP contribution < -0.4 is 0 Å². The molecule has 19 heavy (non-hydrogen) atoms. The maximum atomic E-state index is 12.4. The maximum Gasteiger partial charge on any atom is 0.323 e. The monoisotopic (exact) mass is 279 g/mol. The molecule has 1 aromatic rings. The van der Waals surface area contributed by atoms with Gasteiger partial charge in [-0.25, -0.2) is 0 Å². The van der Waals surface area contributed by atoms with Crippen molar-refractivity contribution in [3.63, 3.8) is 0 Å². The number of carboxylic acid groups (broad SMARTS) is 1. The van der Waals surface area contributed by atoms with Gasteiger partial charge in [0.2, 0.25) is 0 Å². The second-order valence-electron chi connectivity index (χ2n) is 5.88. The summed E-state index contributed by atoms with van der Waals surface area (Å²) in [4.78, 5) is 26.8. The van der Waals surface area contributed by atoms with Gasteiger partial charge in [0.25, 0.3) is 5.91 Å². The quantitative estimate of drug-likeness (QED) is 0.924. The SMILES string of the molecule is CC(C)c1cc2c(s1)C(=O)N(CC(=O)O)CC21CC1. The van der Waals surface area contributed by atoms with E-state index in [1.165, 1.54) is 15.3 Å². The summed E-state index contributed by atoms with van der Waals surface area (Å²) < 4.78 is 0. The van der Waals surface area contributed by atoms with E-state index in [-0.39, 0.29) is 17.9 Å². The minimum Gasteiger partial charge on any atom is -0.480 e. The standard InChI is InChI=1S/C14H17NO3S/c1-8(2)10-5-9-12(19-10)13(18)15(6-11(16)17)7-14(9)3-4-14/h5,8H,3-4,6-7H2,1-2H3,(H,16,17). The van der Waals surface area contributed by atoms with Gasteiger partial charge in [-0.05, 0) is 30.4 Å². The molecule has 0 atom stereocenters. The van der Waals surface area contributed by atoms with Crippen molar-refractivity contribution in [1.29, 1.82) is 0 Å². The lowest BCUT2D eigenvalue weighted by atomic mass is 9.91. The highest BCUT2D eigenvalue weighted by atomic mass is 32.1. The predicted octanol–water partition coefficient (Wildman–Crippen LogP) is 2.44. The molecule has 102 valence electrons. The van der Waals surface area contributed by atoms with Gasteiger partial charge in [0.15, 0.2) is 0 Å². The molecule has 0 bridgehead atoms. The summed E-state index contributed by atoms with van der Waals surface area (Å²) in [5.41, 5.74) is 1.23. The number of aliphatic carboxylic acids is 1. The first kappa shape index (κ1) is 12.7. The molecule has 3 rings (SSSR count). The first-order valence-corrected chi connectivity index (χ1v) is 7.40. The molecule has 1 aromatic heterocycles. The van der Waals surface area contributed by atoms with E-state index in [1.807, 2.05) is 0 Å². The van der Waals surface area contributed by atoms with Gasteiger partial charge in [-0.1, -0.05) is 13.8 Å². The summed E-state index contributed by atoms with van der Waals surface area (Å²) >= 11 is 1.54. The van der Waals surface area contributed by atoms with Gasteiger partial charge < -0.3 is 10.0 Å². The summed E-state index contributed by atoms with van der Waals surface area (Å²) in [5, 5.41) is 8.93. The Morgan fingerprint density at radius 1 is 1.53 bits per heavy atom. The van der Waals surface area contributed by atoms with Crippen LogP contribution in [0, 0.1) is 0 Å². The van der Waals surface area contributed by atoms with Crippen molar-refractivity contribution < 1.29 is 14.7 Å². The molecule has 1 spiro atoms. The lowest BCUT2D eigenvalue weighted by molar-refractivity contribution is -0.137. The number of fused-ring (bicyclic) bond motifs is 2. The highest BCUT2D eigenvalue weighted by molar-refractivity contribution is 7.14. The topological polar surface area (TPSA) is 57.6 Å². The third-order valence-corrected chi connectivity index (χ3v) is 5.47. The molecule has 1 fully saturated rings. The van der Waals surface area contributed by atoms with Crippen molar-refractivity contribution in [3.8, 4) is 0 Å². The third kappa shape index (κ3) is 1.96. The van der Waals surface area contributed by atoms with Crippen LogP contribution >= 0.6 is 11.3 Å². The molecule has 1 aliphatic heterocycles. The maximum absolute atomic E-state index is 12.4. The molecule has 5 heteroatoms. The minimum atomic E-state index is -0.937. The highest BCUT2D eigenvalue weighted by Crippen LogP contribution is 2.54. The number of hydrogen-bond donors (Lipinski definition) is 1. The Labute approximate surface area is 116 Å². The average molecular weight is 279 g/mol. The number of carbonyl (C=O) groups is 2. The fourth-order valence-electron chi connectivity index (χ4n) is 2.78. The summed E-state index contributed by atoms with van der Waals surface area (Å²) in [6.45, 7) is 4.63. The number of rotatable bonds is 3. The molecule has 0 aromatic carbocycles. The number of carbonyl (C=O) groups excluding carboxylic acids is 1. The van der Waals surface area contributed by atoms with Crippen molar-refractivity contribution >= 4 is 23.2 Å². The van der Waals surface area contributed by atoms with Crippen LogP contribution in [-0.2, 0) is 10.2 Å². The molecule has 2 aliphatic rings. The smallest absolute Gasteiger partial charge is 0.323 e. The van der Waals surface area contributed by atoms with Crippen LogP contribution in [0.25, 0.3) is 0 Å². The van der Waals surface area contributed by atoms with E-state index >= 15 is 0 Å². The zero-order valence-corrected chi connectivity index (χ0v) is 11.9. The van der Waals surface area contributed by atoms with Gasteiger partial charge in [-0.3, -0.25) is 9.59 Å². The van der Waals surface area contributed by atoms with Crippen molar-refractivity contribution in [1.82, 2.24) is 4.90 Å². The molecule has 0 saturated heterocycles. The van der Waals surface area contributed by atoms with Crippen molar-refractivity contribution in [2.24, 2.45) is 0 Å². The van der Waals surface area contributed by atoms with E-state index in [1.54, 1.807) is 11.3 Å². The number of thiophene rings is 1. The van der Waals surface area contributed by atoms with E-state index in [0.717, 1.165) is 17.7 Å². The van der Waals surface area contributed by atoms with Crippen LogP contribution in [0.15, 0.2) is 6.07 Å². The number of amides is 1. The zero-order chi connectivity index (χ0) is 13.8. The van der Waals surface area contributed by atoms with Gasteiger partial charge in [-0.15, -0.1) is 11.3 Å². The normalized spacial score (nSPS) is 19.9. The largest absolute Gasteiger partial charge is 0.480 e. The fraction of sp³-hybridized carbons (Fsp3) is 0.571. The molecule has 2 heterocycles. The Balaban J connectivity index is 2.01. The molecule has 0 radical (unpaired) electrons. The van der Waals surface area contributed by atoms with Crippen molar-refractivity contribution in [2.45, 2.75) is 38.0 Å². The lowest BCUT2D eigenvalue weighted by Gasteiger charge is -2.31. The second kappa shape index (κ2) is 4.07. The van der Waals surface area contributed by atoms with Gasteiger partial charge >= 0.3 is 5.97 Å². The van der Waals surface area contributed by atoms with Gasteiger partial charge in [-0.2, -0.15) is 0 Å². The Morgan fingerprint density at radius 3 is 2.74 bits per heavy atom. The van der Waals surface area contributed by atoms with Crippen LogP contribution in [0.1, 0.15) is 52.7 Å². The number of nitrogens with zero attached hydrogens (tertiary/aromatic N) is 1. The molecule has 4 nitrogen and oxygen atoms in total. The number of hydrogen-bond acceptors (Lipinski definition) is 3. The highest BCUT2D eigenvalue weighted by Gasteiger charge is 2.52. The van der Waals surface area contributed by atoms with Crippen LogP contribution in [0.3, 0.4) is 0 Å². The van der Waals surface area contributed by atoms with E-state index in [0.29, 0.717) is 12.5 Å². The lowest BCUT2D eigenvalue weighted by Crippen LogP contribution is -2.44. The first-order valence-electron chi connectivity index (χ1n) is 6.58. The second-order valence-corrected chi connectivity index (χ2v) is 6.97. The minimum absolute atomic E-state index is 0.0579. The first-order chi connectivity index (χ1) is 8.93. The Hall–Kier alpha value is -1.36. The summed E-state index contributed by atoms with van der Waals surface area (Å²) in [6.07, 6.45) is 2.13. The van der Waals surface area contributed by atoms with Crippen LogP contribution in [0.2, 0.25) is 0 Å². The fourth-order valence-corrected chi connectivity index (χ4v) is 4.03. The van der Waals surface area contributed by atoms with Crippen LogP contribution in [-0.4, -0.2) is 35.0 Å². The Bertz CT molecular complexity index is 557. The Morgan fingerprint density at radius 2 is 2.21 bits per heavy atom. The van der Waals surface area contributed by atoms with E-state index in [9.17, 15) is 9.59 Å². The summed E-state index contributed by atoms with van der Waals surface area (Å²) in [5.74, 6) is -0.632. The summed E-state index contributed by atoms with van der Waals surface area (Å²) in [7, 11) is 0. The predicted molar refractivity (Wildman–Crippen MR) is 72.9 cm³/mol. The van der Waals surface area contributed by atoms with Gasteiger partial charge in [0, 0.05) is 16.8 Å². The molecule has 1 aliphatic carbocycles. The molecular weight excluding hydrogens is 262 g/mol.